The molecule has 5 nitrogen and oxygen atoms in total. The fraction of sp³-hybridized carbons (Fsp3) is 0.292. The third-order valence-electron chi connectivity index (χ3n) is 4.97. The summed E-state index contributed by atoms with van der Waals surface area (Å²) in [6, 6.07) is 14.1. The second-order valence-corrected chi connectivity index (χ2v) is 7.33. The van der Waals surface area contributed by atoms with Crippen LogP contribution in [0.15, 0.2) is 61.2 Å². The summed E-state index contributed by atoms with van der Waals surface area (Å²) in [5, 5.41) is 13.5. The van der Waals surface area contributed by atoms with Crippen LogP contribution >= 0.6 is 0 Å². The van der Waals surface area contributed by atoms with E-state index >= 15 is 0 Å². The summed E-state index contributed by atoms with van der Waals surface area (Å²) in [7, 11) is 0. The molecule has 0 fully saturated rings. The SMILES string of the molecule is C=CCCn1nc(C(F)(F)CCC)nc1Cc1ccc(-c2ccccc2C(=O)O)cc1. The van der Waals surface area contributed by atoms with Gasteiger partial charge in [-0.25, -0.2) is 14.5 Å². The zero-order chi connectivity index (χ0) is 22.4. The Kier molecular flexibility index (Phi) is 6.95. The van der Waals surface area contributed by atoms with E-state index in [9.17, 15) is 18.7 Å². The molecule has 3 aromatic rings. The monoisotopic (exact) mass is 425 g/mol. The topological polar surface area (TPSA) is 68.0 Å². The van der Waals surface area contributed by atoms with Crippen LogP contribution in [0.4, 0.5) is 8.78 Å². The lowest BCUT2D eigenvalue weighted by Crippen LogP contribution is -2.15. The number of alkyl halides is 2. The Morgan fingerprint density at radius 3 is 2.55 bits per heavy atom. The van der Waals surface area contributed by atoms with Gasteiger partial charge in [0.25, 0.3) is 0 Å². The molecule has 0 bridgehead atoms. The highest BCUT2D eigenvalue weighted by Gasteiger charge is 2.36. The van der Waals surface area contributed by atoms with Crippen molar-refractivity contribution >= 4 is 5.97 Å². The fourth-order valence-corrected chi connectivity index (χ4v) is 3.38. The minimum absolute atomic E-state index is 0.224. The zero-order valence-electron chi connectivity index (χ0n) is 17.4. The van der Waals surface area contributed by atoms with Gasteiger partial charge in [0.15, 0.2) is 0 Å². The van der Waals surface area contributed by atoms with Crippen LogP contribution in [-0.4, -0.2) is 25.8 Å². The molecule has 0 saturated heterocycles. The van der Waals surface area contributed by atoms with Crippen molar-refractivity contribution in [1.29, 1.82) is 0 Å². The van der Waals surface area contributed by atoms with E-state index in [0.717, 1.165) is 11.1 Å². The predicted octanol–water partition coefficient (Wildman–Crippen LogP) is 5.70. The first-order valence-corrected chi connectivity index (χ1v) is 10.2. The number of aromatic nitrogens is 3. The molecule has 0 spiro atoms. The number of nitrogens with zero attached hydrogens (tertiary/aromatic N) is 3. The number of aromatic carboxylic acids is 1. The number of allylic oxidation sites excluding steroid dienone is 1. The van der Waals surface area contributed by atoms with Crippen molar-refractivity contribution in [2.24, 2.45) is 0 Å². The molecule has 0 aliphatic rings. The Morgan fingerprint density at radius 1 is 1.19 bits per heavy atom. The van der Waals surface area contributed by atoms with Gasteiger partial charge in [0.05, 0.1) is 5.56 Å². The first kappa shape index (κ1) is 22.3. The van der Waals surface area contributed by atoms with Gasteiger partial charge in [-0.05, 0) is 35.6 Å². The number of carboxylic acid groups (broad SMARTS) is 1. The highest BCUT2D eigenvalue weighted by Crippen LogP contribution is 2.31. The molecule has 0 aliphatic carbocycles. The van der Waals surface area contributed by atoms with Gasteiger partial charge in [-0.15, -0.1) is 11.7 Å². The predicted molar refractivity (Wildman–Crippen MR) is 115 cm³/mol. The van der Waals surface area contributed by atoms with Gasteiger partial charge >= 0.3 is 11.9 Å². The Bertz CT molecular complexity index is 1060. The van der Waals surface area contributed by atoms with E-state index < -0.39 is 17.7 Å². The summed E-state index contributed by atoms with van der Waals surface area (Å²) in [4.78, 5) is 15.6. The maximum atomic E-state index is 14.3. The van der Waals surface area contributed by atoms with Crippen molar-refractivity contribution in [1.82, 2.24) is 14.8 Å². The number of halogens is 2. The van der Waals surface area contributed by atoms with E-state index in [-0.39, 0.29) is 12.0 Å². The summed E-state index contributed by atoms with van der Waals surface area (Å²) in [6.07, 6.45) is 2.69. The van der Waals surface area contributed by atoms with E-state index in [2.05, 4.69) is 16.7 Å². The molecule has 0 radical (unpaired) electrons. The number of benzene rings is 2. The van der Waals surface area contributed by atoms with Crippen molar-refractivity contribution in [2.75, 3.05) is 0 Å². The minimum atomic E-state index is -3.06. The maximum absolute atomic E-state index is 14.3. The molecular formula is C24H25F2N3O2. The van der Waals surface area contributed by atoms with Crippen molar-refractivity contribution in [2.45, 2.75) is 45.1 Å². The average Bonchev–Trinajstić information content (AvgIpc) is 3.16. The summed E-state index contributed by atoms with van der Waals surface area (Å²) < 4.78 is 30.2. The molecule has 1 aromatic heterocycles. The van der Waals surface area contributed by atoms with Crippen LogP contribution in [-0.2, 0) is 18.9 Å². The van der Waals surface area contributed by atoms with Crippen molar-refractivity contribution in [3.63, 3.8) is 0 Å². The molecule has 1 N–H and O–H groups in total. The van der Waals surface area contributed by atoms with Gasteiger partial charge in [0, 0.05) is 19.4 Å². The molecule has 0 aliphatic heterocycles. The van der Waals surface area contributed by atoms with Crippen molar-refractivity contribution in [3.8, 4) is 11.1 Å². The van der Waals surface area contributed by atoms with E-state index in [1.165, 1.54) is 4.68 Å². The molecule has 7 heteroatoms. The lowest BCUT2D eigenvalue weighted by Gasteiger charge is -2.10. The minimum Gasteiger partial charge on any atom is -0.478 e. The number of carboxylic acids is 1. The Hall–Kier alpha value is -3.35. The second kappa shape index (κ2) is 9.64. The van der Waals surface area contributed by atoms with E-state index in [1.54, 1.807) is 37.3 Å². The molecular weight excluding hydrogens is 400 g/mol. The van der Waals surface area contributed by atoms with E-state index in [1.807, 2.05) is 24.3 Å². The lowest BCUT2D eigenvalue weighted by molar-refractivity contribution is -0.0232. The Balaban J connectivity index is 1.88. The standard InChI is InChI=1S/C24H25F2N3O2/c1-3-5-15-29-21(27-23(28-29)24(25,26)14-4-2)16-17-10-12-18(13-11-17)19-8-6-7-9-20(19)22(30)31/h3,6-13H,1,4-5,14-16H2,2H3,(H,30,31). The summed E-state index contributed by atoms with van der Waals surface area (Å²) in [6.45, 7) is 5.81. The van der Waals surface area contributed by atoms with Crippen LogP contribution in [0, 0.1) is 0 Å². The number of hydrogen-bond donors (Lipinski definition) is 1. The highest BCUT2D eigenvalue weighted by molar-refractivity contribution is 5.95. The van der Waals surface area contributed by atoms with Crippen LogP contribution in [0.3, 0.4) is 0 Å². The smallest absolute Gasteiger partial charge is 0.336 e. The first-order chi connectivity index (χ1) is 14.9. The Labute approximate surface area is 180 Å². The largest absolute Gasteiger partial charge is 0.478 e. The molecule has 31 heavy (non-hydrogen) atoms. The number of aryl methyl sites for hydroxylation is 1. The number of rotatable bonds is 10. The normalized spacial score (nSPS) is 11.5. The first-order valence-electron chi connectivity index (χ1n) is 10.2. The van der Waals surface area contributed by atoms with Gasteiger partial charge in [0.2, 0.25) is 5.82 Å². The summed E-state index contributed by atoms with van der Waals surface area (Å²) in [5.41, 5.74) is 2.48. The fourth-order valence-electron chi connectivity index (χ4n) is 3.38. The van der Waals surface area contributed by atoms with E-state index in [4.69, 9.17) is 0 Å². The van der Waals surface area contributed by atoms with Crippen molar-refractivity contribution in [3.05, 3.63) is 84.0 Å². The molecule has 1 heterocycles. The molecule has 0 unspecified atom stereocenters. The average molecular weight is 425 g/mol. The van der Waals surface area contributed by atoms with Gasteiger partial charge in [-0.3, -0.25) is 0 Å². The Morgan fingerprint density at radius 2 is 1.90 bits per heavy atom. The highest BCUT2D eigenvalue weighted by atomic mass is 19.3. The number of carbonyl (C=O) groups is 1. The quantitative estimate of drug-likeness (QED) is 0.423. The van der Waals surface area contributed by atoms with Gasteiger partial charge in [0.1, 0.15) is 5.82 Å². The maximum Gasteiger partial charge on any atom is 0.336 e. The summed E-state index contributed by atoms with van der Waals surface area (Å²) >= 11 is 0. The van der Waals surface area contributed by atoms with Crippen LogP contribution in [0.5, 0.6) is 0 Å². The second-order valence-electron chi connectivity index (χ2n) is 7.33. The lowest BCUT2D eigenvalue weighted by atomic mass is 9.98. The van der Waals surface area contributed by atoms with Gasteiger partial charge in [-0.2, -0.15) is 8.78 Å². The van der Waals surface area contributed by atoms with E-state index in [0.29, 0.717) is 37.2 Å². The molecule has 0 amide bonds. The molecule has 0 atom stereocenters. The van der Waals surface area contributed by atoms with Crippen molar-refractivity contribution < 1.29 is 18.7 Å². The third-order valence-corrected chi connectivity index (χ3v) is 4.97. The van der Waals surface area contributed by atoms with Crippen LogP contribution < -0.4 is 0 Å². The van der Waals surface area contributed by atoms with Crippen LogP contribution in [0.2, 0.25) is 0 Å². The third kappa shape index (κ3) is 5.23. The molecule has 3 rings (SSSR count). The number of hydrogen-bond acceptors (Lipinski definition) is 3. The van der Waals surface area contributed by atoms with Gasteiger partial charge in [-0.1, -0.05) is 55.5 Å². The molecule has 162 valence electrons. The molecule has 2 aromatic carbocycles. The van der Waals surface area contributed by atoms with Gasteiger partial charge < -0.3 is 5.11 Å². The molecule has 0 saturated carbocycles. The van der Waals surface area contributed by atoms with Crippen LogP contribution in [0.1, 0.15) is 53.8 Å². The summed E-state index contributed by atoms with van der Waals surface area (Å²) in [5.74, 6) is -4.03. The zero-order valence-corrected chi connectivity index (χ0v) is 17.4. The van der Waals surface area contributed by atoms with Crippen LogP contribution in [0.25, 0.3) is 11.1 Å².